The van der Waals surface area contributed by atoms with Gasteiger partial charge in [-0.1, -0.05) is 41.5 Å². The highest BCUT2D eigenvalue weighted by atomic mass is 35.5. The Morgan fingerprint density at radius 2 is 1.83 bits per heavy atom. The molecule has 0 bridgehead atoms. The average molecular weight is 472 g/mol. The van der Waals surface area contributed by atoms with Crippen LogP contribution in [0.4, 0.5) is 4.39 Å². The summed E-state index contributed by atoms with van der Waals surface area (Å²) in [6, 6.07) is 6.10. The van der Waals surface area contributed by atoms with Crippen LogP contribution in [0.5, 0.6) is 11.5 Å². The van der Waals surface area contributed by atoms with Gasteiger partial charge in [-0.15, -0.1) is 10.2 Å². The molecule has 1 aromatic carbocycles. The average Bonchev–Trinajstić information content (AvgIpc) is 3.19. The van der Waals surface area contributed by atoms with Gasteiger partial charge in [-0.2, -0.15) is 0 Å². The van der Waals surface area contributed by atoms with Gasteiger partial charge in [0.25, 0.3) is 0 Å². The zero-order chi connectivity index (χ0) is 21.8. The molecule has 0 spiro atoms. The molecule has 0 fully saturated rings. The zero-order valence-corrected chi connectivity index (χ0v) is 18.9. The van der Waals surface area contributed by atoms with E-state index in [-0.39, 0.29) is 41.2 Å². The number of hydrogen-bond acceptors (Lipinski definition) is 7. The van der Waals surface area contributed by atoms with Gasteiger partial charge in [-0.3, -0.25) is 0 Å². The standard InChI is InChI=1S/C20H20Cl2FN3O3S/c1-10(2)29-16-5-4-15(24-18(16)22)20-26-25-19(30-20)12-6-14(23)17(7-13(12)21)28-9-11(3)8-27/h4-7,10-11,27H,8-9H2,1-3H3. The molecule has 6 nitrogen and oxygen atoms in total. The minimum atomic E-state index is -0.576. The number of halogens is 3. The lowest BCUT2D eigenvalue weighted by molar-refractivity contribution is 0.171. The van der Waals surface area contributed by atoms with E-state index in [4.69, 9.17) is 37.8 Å². The number of ether oxygens (including phenoxy) is 2. The lowest BCUT2D eigenvalue weighted by Gasteiger charge is -2.12. The van der Waals surface area contributed by atoms with Crippen molar-refractivity contribution in [1.29, 1.82) is 0 Å². The Morgan fingerprint density at radius 1 is 1.10 bits per heavy atom. The monoisotopic (exact) mass is 471 g/mol. The third-order valence-electron chi connectivity index (χ3n) is 3.91. The topological polar surface area (TPSA) is 77.4 Å². The van der Waals surface area contributed by atoms with Crippen LogP contribution in [0, 0.1) is 11.7 Å². The zero-order valence-electron chi connectivity index (χ0n) is 16.5. The summed E-state index contributed by atoms with van der Waals surface area (Å²) in [7, 11) is 0. The van der Waals surface area contributed by atoms with Gasteiger partial charge in [0.1, 0.15) is 10.7 Å². The van der Waals surface area contributed by atoms with Gasteiger partial charge >= 0.3 is 0 Å². The summed E-state index contributed by atoms with van der Waals surface area (Å²) in [5.41, 5.74) is 0.917. The molecule has 0 aliphatic heterocycles. The normalized spacial score (nSPS) is 12.3. The molecule has 2 heterocycles. The Balaban J connectivity index is 1.84. The van der Waals surface area contributed by atoms with Crippen molar-refractivity contribution in [2.75, 3.05) is 13.2 Å². The molecule has 1 atom stereocenters. The van der Waals surface area contributed by atoms with Gasteiger partial charge in [0, 0.05) is 24.2 Å². The van der Waals surface area contributed by atoms with E-state index in [2.05, 4.69) is 15.2 Å². The number of aromatic nitrogens is 3. The smallest absolute Gasteiger partial charge is 0.171 e. The molecular formula is C20H20Cl2FN3O3S. The van der Waals surface area contributed by atoms with Crippen LogP contribution in [-0.2, 0) is 0 Å². The largest absolute Gasteiger partial charge is 0.490 e. The third-order valence-corrected chi connectivity index (χ3v) is 5.47. The summed E-state index contributed by atoms with van der Waals surface area (Å²) in [6.45, 7) is 5.71. The van der Waals surface area contributed by atoms with Crippen LogP contribution in [0.1, 0.15) is 20.8 Å². The summed E-state index contributed by atoms with van der Waals surface area (Å²) in [5, 5.41) is 18.7. The fourth-order valence-electron chi connectivity index (χ4n) is 2.41. The molecule has 2 aromatic heterocycles. The van der Waals surface area contributed by atoms with Crippen molar-refractivity contribution in [3.05, 3.63) is 40.3 Å². The minimum absolute atomic E-state index is 0.0166. The Kier molecular flexibility index (Phi) is 7.46. The van der Waals surface area contributed by atoms with Crippen molar-refractivity contribution >= 4 is 34.5 Å². The molecule has 3 aromatic rings. The molecule has 0 radical (unpaired) electrons. The highest BCUT2D eigenvalue weighted by Gasteiger charge is 2.18. The summed E-state index contributed by atoms with van der Waals surface area (Å²) in [4.78, 5) is 4.31. The van der Waals surface area contributed by atoms with Crippen LogP contribution in [0.25, 0.3) is 21.3 Å². The molecule has 0 saturated heterocycles. The SMILES string of the molecule is CC(CO)COc1cc(Cl)c(-c2nnc(-c3ccc(OC(C)C)c(Cl)n3)s2)cc1F. The molecule has 10 heteroatoms. The lowest BCUT2D eigenvalue weighted by Crippen LogP contribution is -2.12. The predicted molar refractivity (Wildman–Crippen MR) is 116 cm³/mol. The van der Waals surface area contributed by atoms with Crippen molar-refractivity contribution in [2.24, 2.45) is 5.92 Å². The van der Waals surface area contributed by atoms with E-state index in [1.807, 2.05) is 13.8 Å². The fourth-order valence-corrected chi connectivity index (χ4v) is 3.75. The Bertz CT molecular complexity index is 1030. The maximum Gasteiger partial charge on any atom is 0.171 e. The first-order chi connectivity index (χ1) is 14.3. The van der Waals surface area contributed by atoms with Gasteiger partial charge in [-0.25, -0.2) is 9.37 Å². The highest BCUT2D eigenvalue weighted by molar-refractivity contribution is 7.18. The van der Waals surface area contributed by atoms with Crippen molar-refractivity contribution in [2.45, 2.75) is 26.9 Å². The number of rotatable bonds is 8. The van der Waals surface area contributed by atoms with E-state index in [1.165, 1.54) is 23.5 Å². The fraction of sp³-hybridized carbons (Fsp3) is 0.350. The molecule has 1 N–H and O–H groups in total. The maximum absolute atomic E-state index is 14.5. The van der Waals surface area contributed by atoms with Crippen LogP contribution in [0.15, 0.2) is 24.3 Å². The van der Waals surface area contributed by atoms with Gasteiger partial charge in [0.15, 0.2) is 27.5 Å². The second kappa shape index (κ2) is 9.87. The van der Waals surface area contributed by atoms with Crippen LogP contribution in [-0.4, -0.2) is 39.6 Å². The number of pyridine rings is 1. The van der Waals surface area contributed by atoms with Crippen LogP contribution < -0.4 is 9.47 Å². The van der Waals surface area contributed by atoms with Crippen LogP contribution in [0.3, 0.4) is 0 Å². The summed E-state index contributed by atoms with van der Waals surface area (Å²) in [5.74, 6) is -0.197. The van der Waals surface area contributed by atoms with Crippen molar-refractivity contribution in [3.63, 3.8) is 0 Å². The number of hydrogen-bond donors (Lipinski definition) is 1. The number of benzene rings is 1. The number of nitrogens with zero attached hydrogens (tertiary/aromatic N) is 3. The van der Waals surface area contributed by atoms with E-state index in [0.29, 0.717) is 27.0 Å². The quantitative estimate of drug-likeness (QED) is 0.436. The molecule has 1 unspecified atom stereocenters. The number of aliphatic hydroxyl groups is 1. The van der Waals surface area contributed by atoms with Gasteiger partial charge in [0.05, 0.1) is 17.7 Å². The molecule has 30 heavy (non-hydrogen) atoms. The Hall–Kier alpha value is -2.00. The Labute approximate surface area is 187 Å². The van der Waals surface area contributed by atoms with E-state index in [1.54, 1.807) is 19.1 Å². The lowest BCUT2D eigenvalue weighted by atomic mass is 10.2. The first-order valence-electron chi connectivity index (χ1n) is 9.18. The summed E-state index contributed by atoms with van der Waals surface area (Å²) >= 11 is 13.7. The van der Waals surface area contributed by atoms with Gasteiger partial charge < -0.3 is 14.6 Å². The maximum atomic E-state index is 14.5. The second-order valence-electron chi connectivity index (χ2n) is 6.93. The predicted octanol–water partition coefficient (Wildman–Crippen LogP) is 5.51. The molecule has 0 saturated carbocycles. The van der Waals surface area contributed by atoms with E-state index >= 15 is 0 Å². The van der Waals surface area contributed by atoms with Gasteiger partial charge in [-0.05, 0) is 32.0 Å². The summed E-state index contributed by atoms with van der Waals surface area (Å²) < 4.78 is 25.4. The first kappa shape index (κ1) is 22.7. The van der Waals surface area contributed by atoms with Crippen molar-refractivity contribution in [3.8, 4) is 32.8 Å². The second-order valence-corrected chi connectivity index (χ2v) is 8.67. The minimum Gasteiger partial charge on any atom is -0.490 e. The third kappa shape index (κ3) is 5.37. The molecular weight excluding hydrogens is 452 g/mol. The van der Waals surface area contributed by atoms with E-state index in [0.717, 1.165) is 0 Å². The van der Waals surface area contributed by atoms with Crippen molar-refractivity contribution < 1.29 is 19.0 Å². The van der Waals surface area contributed by atoms with Gasteiger partial charge in [0.2, 0.25) is 0 Å². The summed E-state index contributed by atoms with van der Waals surface area (Å²) in [6.07, 6.45) is -0.0286. The molecule has 3 rings (SSSR count). The molecule has 0 aliphatic carbocycles. The molecule has 0 amide bonds. The highest BCUT2D eigenvalue weighted by Crippen LogP contribution is 2.37. The van der Waals surface area contributed by atoms with Crippen LogP contribution in [0.2, 0.25) is 10.2 Å². The first-order valence-corrected chi connectivity index (χ1v) is 10.8. The molecule has 160 valence electrons. The Morgan fingerprint density at radius 3 is 2.50 bits per heavy atom. The molecule has 0 aliphatic rings. The van der Waals surface area contributed by atoms with E-state index in [9.17, 15) is 4.39 Å². The van der Waals surface area contributed by atoms with E-state index < -0.39 is 5.82 Å². The number of aliphatic hydroxyl groups excluding tert-OH is 1. The van der Waals surface area contributed by atoms with Crippen molar-refractivity contribution in [1.82, 2.24) is 15.2 Å². The van der Waals surface area contributed by atoms with Crippen LogP contribution >= 0.6 is 34.5 Å².